The third kappa shape index (κ3) is 6.78. The molecule has 0 bridgehead atoms. The Kier molecular flexibility index (Phi) is 10.6. The molecule has 0 aliphatic heterocycles. The molecule has 0 fully saturated rings. The van der Waals surface area contributed by atoms with Gasteiger partial charge in [0.15, 0.2) is 0 Å². The van der Waals surface area contributed by atoms with Gasteiger partial charge in [0.25, 0.3) is 0 Å². The number of hydrogen-bond acceptors (Lipinski definition) is 5. The van der Waals surface area contributed by atoms with E-state index in [2.05, 4.69) is 10.3 Å². The summed E-state index contributed by atoms with van der Waals surface area (Å²) < 4.78 is 11.0. The van der Waals surface area contributed by atoms with Crippen molar-refractivity contribution in [1.82, 2.24) is 10.3 Å². The van der Waals surface area contributed by atoms with Gasteiger partial charge in [0.1, 0.15) is 11.5 Å². The van der Waals surface area contributed by atoms with E-state index >= 15 is 0 Å². The lowest BCUT2D eigenvalue weighted by molar-refractivity contribution is -0.122. The summed E-state index contributed by atoms with van der Waals surface area (Å²) in [6, 6.07) is 10.4. The lowest BCUT2D eigenvalue weighted by atomic mass is 10.2. The molecule has 3 N–H and O–H groups in total. The fraction of sp³-hybridized carbons (Fsp3) is 0.294. The Bertz CT molecular complexity index is 671. The second kappa shape index (κ2) is 11.5. The van der Waals surface area contributed by atoms with Crippen LogP contribution in [0, 0.1) is 0 Å². The predicted molar refractivity (Wildman–Crippen MR) is 102 cm³/mol. The molecule has 6 nitrogen and oxygen atoms in total. The number of carbonyl (C=O) groups excluding carboxylic acids is 1. The highest BCUT2D eigenvalue weighted by molar-refractivity contribution is 5.85. The molecule has 138 valence electrons. The van der Waals surface area contributed by atoms with Crippen LogP contribution >= 0.6 is 24.8 Å². The molecular formula is C17H23Cl2N3O3. The first-order chi connectivity index (χ1) is 11.1. The minimum Gasteiger partial charge on any atom is -0.497 e. The summed E-state index contributed by atoms with van der Waals surface area (Å²) in [6.45, 7) is 2.17. The van der Waals surface area contributed by atoms with E-state index in [9.17, 15) is 4.79 Å². The van der Waals surface area contributed by atoms with Gasteiger partial charge in [-0.3, -0.25) is 4.79 Å². The highest BCUT2D eigenvalue weighted by Crippen LogP contribution is 2.26. The number of hydrogen-bond donors (Lipinski definition) is 2. The van der Waals surface area contributed by atoms with Gasteiger partial charge in [-0.25, -0.2) is 4.98 Å². The molecule has 1 aromatic carbocycles. The number of nitrogens with zero attached hydrogens (tertiary/aromatic N) is 1. The zero-order valence-corrected chi connectivity index (χ0v) is 15.7. The van der Waals surface area contributed by atoms with Crippen molar-refractivity contribution in [1.29, 1.82) is 0 Å². The maximum atomic E-state index is 11.8. The van der Waals surface area contributed by atoms with Crippen LogP contribution < -0.4 is 20.5 Å². The number of nitrogens with one attached hydrogen (secondary N) is 1. The van der Waals surface area contributed by atoms with Crippen molar-refractivity contribution in [2.45, 2.75) is 25.9 Å². The van der Waals surface area contributed by atoms with Gasteiger partial charge in [-0.2, -0.15) is 0 Å². The zero-order valence-electron chi connectivity index (χ0n) is 14.1. The average Bonchev–Trinajstić information content (AvgIpc) is 2.60. The van der Waals surface area contributed by atoms with Crippen LogP contribution in [0.5, 0.6) is 17.4 Å². The number of nitrogens with two attached hydrogens (primary N) is 1. The van der Waals surface area contributed by atoms with Crippen molar-refractivity contribution in [2.24, 2.45) is 5.73 Å². The minimum absolute atomic E-state index is 0. The van der Waals surface area contributed by atoms with Crippen molar-refractivity contribution < 1.29 is 14.3 Å². The number of amides is 1. The average molecular weight is 388 g/mol. The molecule has 0 saturated heterocycles. The molecule has 0 aliphatic rings. The van der Waals surface area contributed by atoms with Gasteiger partial charge < -0.3 is 20.5 Å². The maximum absolute atomic E-state index is 11.8. The molecule has 0 spiro atoms. The van der Waals surface area contributed by atoms with E-state index in [1.807, 2.05) is 31.2 Å². The number of methoxy groups -OCH3 is 1. The molecule has 8 heteroatoms. The number of benzene rings is 1. The Labute approximate surface area is 159 Å². The lowest BCUT2D eigenvalue weighted by Gasteiger charge is -2.13. The molecule has 1 atom stereocenters. The lowest BCUT2D eigenvalue weighted by Crippen LogP contribution is -2.39. The topological polar surface area (TPSA) is 86.5 Å². The van der Waals surface area contributed by atoms with E-state index in [0.29, 0.717) is 30.3 Å². The summed E-state index contributed by atoms with van der Waals surface area (Å²) in [5.41, 5.74) is 6.47. The summed E-state index contributed by atoms with van der Waals surface area (Å²) in [4.78, 5) is 16.0. The summed E-state index contributed by atoms with van der Waals surface area (Å²) in [7, 11) is 1.60. The van der Waals surface area contributed by atoms with E-state index < -0.39 is 6.04 Å². The third-order valence-corrected chi connectivity index (χ3v) is 3.34. The highest BCUT2D eigenvalue weighted by Gasteiger charge is 2.12. The normalized spacial score (nSPS) is 10.7. The van der Waals surface area contributed by atoms with E-state index in [1.54, 1.807) is 25.4 Å². The molecule has 1 heterocycles. The number of carbonyl (C=O) groups is 1. The second-order valence-corrected chi connectivity index (χ2v) is 4.98. The standard InChI is InChI=1S/C17H21N3O3.2ClH/c1-3-15(18)16(21)20-11-12-6-5-9-19-17(12)23-14-8-4-7-13(10-14)22-2;;/h4-10,15H,3,11,18H2,1-2H3,(H,20,21);2*1H/t15-;;/m0../s1. The fourth-order valence-electron chi connectivity index (χ4n) is 1.93. The molecule has 2 rings (SSSR count). The molecular weight excluding hydrogens is 365 g/mol. The van der Waals surface area contributed by atoms with Crippen LogP contribution in [-0.2, 0) is 11.3 Å². The smallest absolute Gasteiger partial charge is 0.237 e. The van der Waals surface area contributed by atoms with Crippen LogP contribution in [0.25, 0.3) is 0 Å². The van der Waals surface area contributed by atoms with E-state index in [1.165, 1.54) is 0 Å². The predicted octanol–water partition coefficient (Wildman–Crippen LogP) is 3.08. The first-order valence-corrected chi connectivity index (χ1v) is 7.43. The van der Waals surface area contributed by atoms with Crippen molar-refractivity contribution in [3.8, 4) is 17.4 Å². The Morgan fingerprint density at radius 2 is 1.96 bits per heavy atom. The van der Waals surface area contributed by atoms with E-state index in [4.69, 9.17) is 15.2 Å². The minimum atomic E-state index is -0.505. The number of ether oxygens (including phenoxy) is 2. The van der Waals surface area contributed by atoms with Gasteiger partial charge in [0, 0.05) is 24.4 Å². The van der Waals surface area contributed by atoms with Crippen molar-refractivity contribution in [3.63, 3.8) is 0 Å². The van der Waals surface area contributed by atoms with Crippen LogP contribution in [0.2, 0.25) is 0 Å². The first kappa shape index (κ1) is 23.0. The number of pyridine rings is 1. The third-order valence-electron chi connectivity index (χ3n) is 3.34. The largest absolute Gasteiger partial charge is 0.497 e. The molecule has 2 aromatic rings. The van der Waals surface area contributed by atoms with Gasteiger partial charge in [-0.05, 0) is 24.6 Å². The van der Waals surface area contributed by atoms with Crippen molar-refractivity contribution in [2.75, 3.05) is 7.11 Å². The molecule has 1 aromatic heterocycles. The fourth-order valence-corrected chi connectivity index (χ4v) is 1.93. The van der Waals surface area contributed by atoms with Gasteiger partial charge in [0.2, 0.25) is 11.8 Å². The van der Waals surface area contributed by atoms with E-state index in [-0.39, 0.29) is 30.7 Å². The Morgan fingerprint density at radius 3 is 2.64 bits per heavy atom. The number of aromatic nitrogens is 1. The summed E-state index contributed by atoms with van der Waals surface area (Å²) >= 11 is 0. The Balaban J connectivity index is 0.00000288. The molecule has 0 saturated carbocycles. The molecule has 25 heavy (non-hydrogen) atoms. The molecule has 0 unspecified atom stereocenters. The van der Waals surface area contributed by atoms with Crippen molar-refractivity contribution in [3.05, 3.63) is 48.2 Å². The zero-order chi connectivity index (χ0) is 16.7. The molecule has 0 aliphatic carbocycles. The van der Waals surface area contributed by atoms with Gasteiger partial charge >= 0.3 is 0 Å². The van der Waals surface area contributed by atoms with Gasteiger partial charge in [-0.1, -0.05) is 19.1 Å². The molecule has 1 amide bonds. The van der Waals surface area contributed by atoms with Crippen molar-refractivity contribution >= 4 is 30.7 Å². The quantitative estimate of drug-likeness (QED) is 0.761. The first-order valence-electron chi connectivity index (χ1n) is 7.43. The summed E-state index contributed by atoms with van der Waals surface area (Å²) in [5.74, 6) is 1.55. The second-order valence-electron chi connectivity index (χ2n) is 4.98. The highest BCUT2D eigenvalue weighted by atomic mass is 35.5. The Morgan fingerprint density at radius 1 is 1.24 bits per heavy atom. The van der Waals surface area contributed by atoms with E-state index in [0.717, 1.165) is 5.56 Å². The number of halogens is 2. The van der Waals surface area contributed by atoms with Crippen LogP contribution in [0.15, 0.2) is 42.6 Å². The van der Waals surface area contributed by atoms with Gasteiger partial charge in [0.05, 0.1) is 13.2 Å². The monoisotopic (exact) mass is 387 g/mol. The molecule has 0 radical (unpaired) electrons. The number of rotatable bonds is 7. The summed E-state index contributed by atoms with van der Waals surface area (Å²) in [6.07, 6.45) is 2.23. The van der Waals surface area contributed by atoms with Crippen LogP contribution in [0.3, 0.4) is 0 Å². The Hall–Kier alpha value is -2.02. The summed E-state index contributed by atoms with van der Waals surface area (Å²) in [5, 5.41) is 2.79. The maximum Gasteiger partial charge on any atom is 0.237 e. The van der Waals surface area contributed by atoms with Gasteiger partial charge in [-0.15, -0.1) is 24.8 Å². The SMILES string of the molecule is CC[C@H](N)C(=O)NCc1cccnc1Oc1cccc(OC)c1.Cl.Cl. The van der Waals surface area contributed by atoms with Crippen LogP contribution in [0.1, 0.15) is 18.9 Å². The van der Waals surface area contributed by atoms with Crippen LogP contribution in [0.4, 0.5) is 0 Å². The van der Waals surface area contributed by atoms with Crippen LogP contribution in [-0.4, -0.2) is 24.0 Å².